The maximum atomic E-state index is 12.5. The highest BCUT2D eigenvalue weighted by Crippen LogP contribution is 2.49. The normalized spacial score (nSPS) is 14.9. The maximum absolute atomic E-state index is 12.5. The second kappa shape index (κ2) is 5.13. The molecule has 0 radical (unpaired) electrons. The zero-order valence-electron chi connectivity index (χ0n) is 12.9. The van der Waals surface area contributed by atoms with E-state index in [-0.39, 0.29) is 5.97 Å². The van der Waals surface area contributed by atoms with Gasteiger partial charge in [-0.15, -0.1) is 0 Å². The van der Waals surface area contributed by atoms with E-state index in [0.29, 0.717) is 28.1 Å². The van der Waals surface area contributed by atoms with Gasteiger partial charge < -0.3 is 16.2 Å². The zero-order valence-corrected chi connectivity index (χ0v) is 12.9. The quantitative estimate of drug-likeness (QED) is 0.561. The lowest BCUT2D eigenvalue weighted by atomic mass is 9.78. The van der Waals surface area contributed by atoms with Crippen molar-refractivity contribution in [2.45, 2.75) is 5.60 Å². The Hall–Kier alpha value is -3.27. The second-order valence-corrected chi connectivity index (χ2v) is 5.79. The molecule has 4 nitrogen and oxygen atoms in total. The molecule has 0 aromatic heterocycles. The van der Waals surface area contributed by atoms with Gasteiger partial charge in [-0.1, -0.05) is 54.6 Å². The van der Waals surface area contributed by atoms with Crippen LogP contribution in [0.5, 0.6) is 0 Å². The molecule has 0 aliphatic carbocycles. The minimum absolute atomic E-state index is 0.378. The van der Waals surface area contributed by atoms with Gasteiger partial charge >= 0.3 is 5.97 Å². The van der Waals surface area contributed by atoms with Crippen molar-refractivity contribution in [3.05, 3.63) is 95.1 Å². The Labute approximate surface area is 139 Å². The van der Waals surface area contributed by atoms with E-state index in [1.54, 1.807) is 18.2 Å². The van der Waals surface area contributed by atoms with Gasteiger partial charge in [0.1, 0.15) is 0 Å². The lowest BCUT2D eigenvalue weighted by Gasteiger charge is -2.32. The van der Waals surface area contributed by atoms with Gasteiger partial charge in [-0.3, -0.25) is 0 Å². The molecule has 1 aliphatic rings. The van der Waals surface area contributed by atoms with E-state index in [9.17, 15) is 4.79 Å². The molecule has 3 aromatic carbocycles. The van der Waals surface area contributed by atoms with Crippen LogP contribution in [0.1, 0.15) is 27.0 Å². The Kier molecular flexibility index (Phi) is 3.06. The summed E-state index contributed by atoms with van der Waals surface area (Å²) in [4.78, 5) is 12.5. The summed E-state index contributed by atoms with van der Waals surface area (Å²) in [6.45, 7) is 0. The zero-order chi connectivity index (χ0) is 16.7. The predicted octanol–water partition coefficient (Wildman–Crippen LogP) is 3.31. The van der Waals surface area contributed by atoms with Crippen molar-refractivity contribution in [3.8, 4) is 0 Å². The molecule has 1 heterocycles. The third-order valence-corrected chi connectivity index (χ3v) is 4.45. The van der Waals surface area contributed by atoms with E-state index in [4.69, 9.17) is 16.2 Å². The lowest BCUT2D eigenvalue weighted by molar-refractivity contribution is 0.0256. The third kappa shape index (κ3) is 1.83. The first-order valence-electron chi connectivity index (χ1n) is 7.67. The molecule has 24 heavy (non-hydrogen) atoms. The van der Waals surface area contributed by atoms with Crippen molar-refractivity contribution < 1.29 is 9.53 Å². The Morgan fingerprint density at radius 1 is 0.667 bits per heavy atom. The Morgan fingerprint density at radius 3 is 1.67 bits per heavy atom. The molecule has 0 atom stereocenters. The van der Waals surface area contributed by atoms with Crippen molar-refractivity contribution in [2.24, 2.45) is 0 Å². The number of anilines is 2. The van der Waals surface area contributed by atoms with Gasteiger partial charge in [-0.25, -0.2) is 4.79 Å². The Balaban J connectivity index is 2.13. The number of esters is 1. The fourth-order valence-electron chi connectivity index (χ4n) is 3.40. The Bertz CT molecular complexity index is 904. The van der Waals surface area contributed by atoms with Crippen LogP contribution in [0, 0.1) is 0 Å². The highest BCUT2D eigenvalue weighted by Gasteiger charge is 2.50. The molecule has 1 aliphatic heterocycles. The van der Waals surface area contributed by atoms with Crippen LogP contribution in [-0.4, -0.2) is 5.97 Å². The maximum Gasteiger partial charge on any atom is 0.340 e. The predicted molar refractivity (Wildman–Crippen MR) is 93.4 cm³/mol. The van der Waals surface area contributed by atoms with Gasteiger partial charge in [-0.2, -0.15) is 0 Å². The van der Waals surface area contributed by atoms with Crippen LogP contribution in [0.25, 0.3) is 0 Å². The summed E-state index contributed by atoms with van der Waals surface area (Å²) in [5.74, 6) is -0.378. The molecule has 0 fully saturated rings. The number of carbonyl (C=O) groups is 1. The van der Waals surface area contributed by atoms with Crippen LogP contribution in [0.3, 0.4) is 0 Å². The number of hydrogen-bond donors (Lipinski definition) is 2. The highest BCUT2D eigenvalue weighted by molar-refractivity contribution is 5.97. The number of para-hydroxylation sites is 2. The number of carbonyl (C=O) groups excluding carboxylic acids is 1. The van der Waals surface area contributed by atoms with E-state index >= 15 is 0 Å². The highest BCUT2D eigenvalue weighted by atomic mass is 16.6. The average Bonchev–Trinajstić information content (AvgIpc) is 2.90. The number of rotatable bonds is 2. The Morgan fingerprint density at radius 2 is 1.12 bits per heavy atom. The number of hydrogen-bond acceptors (Lipinski definition) is 4. The van der Waals surface area contributed by atoms with Crippen LogP contribution in [0.4, 0.5) is 11.4 Å². The summed E-state index contributed by atoms with van der Waals surface area (Å²) in [7, 11) is 0. The first-order valence-corrected chi connectivity index (χ1v) is 7.67. The number of benzene rings is 3. The van der Waals surface area contributed by atoms with Crippen molar-refractivity contribution in [2.75, 3.05) is 11.5 Å². The van der Waals surface area contributed by atoms with Crippen LogP contribution < -0.4 is 11.5 Å². The molecular weight excluding hydrogens is 300 g/mol. The monoisotopic (exact) mass is 316 g/mol. The summed E-state index contributed by atoms with van der Waals surface area (Å²) in [6.07, 6.45) is 0. The first-order chi connectivity index (χ1) is 11.6. The van der Waals surface area contributed by atoms with Crippen molar-refractivity contribution in [1.29, 1.82) is 0 Å². The summed E-state index contributed by atoms with van der Waals surface area (Å²) in [5.41, 5.74) is 15.2. The SMILES string of the molecule is Nc1ccccc1C1(c2ccccc2N)OC(=O)c2ccccc21. The minimum atomic E-state index is -1.13. The summed E-state index contributed by atoms with van der Waals surface area (Å²) < 4.78 is 5.95. The molecule has 4 heteroatoms. The molecule has 3 aromatic rings. The van der Waals surface area contributed by atoms with Crippen molar-refractivity contribution in [3.63, 3.8) is 0 Å². The molecule has 118 valence electrons. The number of nitrogen functional groups attached to an aromatic ring is 2. The van der Waals surface area contributed by atoms with Gasteiger partial charge in [0.25, 0.3) is 0 Å². The number of ether oxygens (including phenoxy) is 1. The van der Waals surface area contributed by atoms with Gasteiger partial charge in [0.05, 0.1) is 5.56 Å². The largest absolute Gasteiger partial charge is 0.440 e. The second-order valence-electron chi connectivity index (χ2n) is 5.79. The number of cyclic esters (lactones) is 1. The molecular formula is C20H16N2O2. The third-order valence-electron chi connectivity index (χ3n) is 4.45. The molecule has 4 N–H and O–H groups in total. The van der Waals surface area contributed by atoms with Gasteiger partial charge in [0, 0.05) is 28.1 Å². The van der Waals surface area contributed by atoms with Gasteiger partial charge in [0.15, 0.2) is 5.60 Å². The first kappa shape index (κ1) is 14.3. The number of nitrogens with two attached hydrogens (primary N) is 2. The molecule has 0 saturated carbocycles. The minimum Gasteiger partial charge on any atom is -0.440 e. The van der Waals surface area contributed by atoms with Crippen LogP contribution in [0.15, 0.2) is 72.8 Å². The molecule has 0 saturated heterocycles. The molecule has 0 amide bonds. The molecule has 0 bridgehead atoms. The van der Waals surface area contributed by atoms with Gasteiger partial charge in [-0.05, 0) is 18.2 Å². The fraction of sp³-hybridized carbons (Fsp3) is 0.0500. The smallest absolute Gasteiger partial charge is 0.340 e. The summed E-state index contributed by atoms with van der Waals surface area (Å²) in [5, 5.41) is 0. The molecule has 4 rings (SSSR count). The van der Waals surface area contributed by atoms with E-state index in [0.717, 1.165) is 5.56 Å². The molecule has 0 spiro atoms. The van der Waals surface area contributed by atoms with E-state index < -0.39 is 5.60 Å². The summed E-state index contributed by atoms with van der Waals surface area (Å²) in [6, 6.07) is 22.1. The van der Waals surface area contributed by atoms with E-state index in [2.05, 4.69) is 0 Å². The topological polar surface area (TPSA) is 78.3 Å². The average molecular weight is 316 g/mol. The van der Waals surface area contributed by atoms with E-state index in [1.165, 1.54) is 0 Å². The van der Waals surface area contributed by atoms with E-state index in [1.807, 2.05) is 54.6 Å². The number of fused-ring (bicyclic) bond motifs is 1. The van der Waals surface area contributed by atoms with Crippen molar-refractivity contribution >= 4 is 17.3 Å². The molecule has 0 unspecified atom stereocenters. The standard InChI is InChI=1S/C20H16N2O2/c21-17-11-5-3-9-15(17)20(16-10-4-6-12-18(16)22)14-8-2-1-7-13(14)19(23)24-20/h1-12H,21-22H2. The van der Waals surface area contributed by atoms with Crippen LogP contribution >= 0.6 is 0 Å². The van der Waals surface area contributed by atoms with Gasteiger partial charge in [0.2, 0.25) is 0 Å². The lowest BCUT2D eigenvalue weighted by Crippen LogP contribution is -2.31. The van der Waals surface area contributed by atoms with Crippen molar-refractivity contribution in [1.82, 2.24) is 0 Å². The van der Waals surface area contributed by atoms with Crippen LogP contribution in [0.2, 0.25) is 0 Å². The van der Waals surface area contributed by atoms with Crippen LogP contribution in [-0.2, 0) is 10.3 Å². The summed E-state index contributed by atoms with van der Waals surface area (Å²) >= 11 is 0. The fourth-order valence-corrected chi connectivity index (χ4v) is 3.40.